The fraction of sp³-hybridized carbons (Fsp3) is 0.290. The third kappa shape index (κ3) is 5.15. The van der Waals surface area contributed by atoms with Crippen molar-refractivity contribution in [3.63, 3.8) is 0 Å². The molecule has 1 aliphatic rings. The molecule has 7 nitrogen and oxygen atoms in total. The van der Waals surface area contributed by atoms with Gasteiger partial charge in [-0.1, -0.05) is 42.5 Å². The zero-order chi connectivity index (χ0) is 26.6. The van der Waals surface area contributed by atoms with Crippen LogP contribution in [0.1, 0.15) is 46.6 Å². The van der Waals surface area contributed by atoms with Gasteiger partial charge in [-0.05, 0) is 69.4 Å². The molecule has 7 heteroatoms. The summed E-state index contributed by atoms with van der Waals surface area (Å²) in [5.74, 6) is 1.15. The molecule has 1 amide bonds. The lowest BCUT2D eigenvalue weighted by atomic mass is 9.98. The van der Waals surface area contributed by atoms with Gasteiger partial charge in [0, 0.05) is 12.6 Å². The first-order chi connectivity index (χ1) is 18.5. The van der Waals surface area contributed by atoms with Gasteiger partial charge in [0.25, 0.3) is 5.91 Å². The van der Waals surface area contributed by atoms with Crippen LogP contribution in [-0.2, 0) is 6.61 Å². The van der Waals surface area contributed by atoms with Gasteiger partial charge in [0.05, 0.1) is 23.6 Å². The summed E-state index contributed by atoms with van der Waals surface area (Å²) >= 11 is 0. The number of hydrogen-bond acceptors (Lipinski definition) is 6. The molecule has 1 aliphatic heterocycles. The van der Waals surface area contributed by atoms with Crippen LogP contribution in [0, 0.1) is 0 Å². The fourth-order valence-corrected chi connectivity index (χ4v) is 4.88. The predicted octanol–water partition coefficient (Wildman–Crippen LogP) is 5.27. The molecule has 0 saturated carbocycles. The van der Waals surface area contributed by atoms with Gasteiger partial charge in [-0.25, -0.2) is 0 Å². The number of fused-ring (bicyclic) bond motifs is 2. The van der Waals surface area contributed by atoms with Crippen molar-refractivity contribution < 1.29 is 18.7 Å². The predicted molar refractivity (Wildman–Crippen MR) is 147 cm³/mol. The molecule has 0 aliphatic carbocycles. The molecule has 1 atom stereocenters. The van der Waals surface area contributed by atoms with E-state index in [0.717, 1.165) is 29.8 Å². The SMILES string of the molecule is CCOc1ccc2c(=O)c3c(oc2c1)C(=O)N(CCCN(C)C)C3c1ccc(OCc2ccccc2)cc1. The minimum Gasteiger partial charge on any atom is -0.494 e. The summed E-state index contributed by atoms with van der Waals surface area (Å²) in [6.45, 7) is 4.16. The second kappa shape index (κ2) is 11.1. The Morgan fingerprint density at radius 1 is 0.921 bits per heavy atom. The van der Waals surface area contributed by atoms with E-state index in [2.05, 4.69) is 4.90 Å². The summed E-state index contributed by atoms with van der Waals surface area (Å²) in [6.07, 6.45) is 0.768. The Morgan fingerprint density at radius 2 is 1.66 bits per heavy atom. The van der Waals surface area contributed by atoms with Gasteiger partial charge < -0.3 is 23.7 Å². The smallest absolute Gasteiger partial charge is 0.290 e. The van der Waals surface area contributed by atoms with E-state index in [1.807, 2.05) is 75.6 Å². The Labute approximate surface area is 222 Å². The quantitative estimate of drug-likeness (QED) is 0.288. The minimum absolute atomic E-state index is 0.107. The van der Waals surface area contributed by atoms with Crippen molar-refractivity contribution in [1.82, 2.24) is 9.80 Å². The van der Waals surface area contributed by atoms with Crippen molar-refractivity contribution in [3.8, 4) is 11.5 Å². The van der Waals surface area contributed by atoms with E-state index in [0.29, 0.717) is 42.0 Å². The third-order valence-electron chi connectivity index (χ3n) is 6.70. The lowest BCUT2D eigenvalue weighted by Crippen LogP contribution is -2.32. The summed E-state index contributed by atoms with van der Waals surface area (Å²) in [4.78, 5) is 31.2. The summed E-state index contributed by atoms with van der Waals surface area (Å²) in [7, 11) is 4.00. The zero-order valence-electron chi connectivity index (χ0n) is 22.0. The second-order valence-corrected chi connectivity index (χ2v) is 9.67. The van der Waals surface area contributed by atoms with Crippen LogP contribution in [0.4, 0.5) is 0 Å². The van der Waals surface area contributed by atoms with Crippen LogP contribution in [0.25, 0.3) is 11.0 Å². The molecule has 0 bridgehead atoms. The summed E-state index contributed by atoms with van der Waals surface area (Å²) in [5.41, 5.74) is 2.46. The van der Waals surface area contributed by atoms with Gasteiger partial charge >= 0.3 is 0 Å². The van der Waals surface area contributed by atoms with E-state index < -0.39 is 6.04 Å². The maximum Gasteiger partial charge on any atom is 0.290 e. The Kier molecular flexibility index (Phi) is 7.47. The summed E-state index contributed by atoms with van der Waals surface area (Å²) in [6, 6.07) is 22.2. The second-order valence-electron chi connectivity index (χ2n) is 9.67. The average molecular weight is 513 g/mol. The number of carbonyl (C=O) groups excluding carboxylic acids is 1. The Balaban J connectivity index is 1.50. The maximum absolute atomic E-state index is 13.8. The summed E-state index contributed by atoms with van der Waals surface area (Å²) < 4.78 is 17.6. The van der Waals surface area contributed by atoms with E-state index in [1.165, 1.54) is 0 Å². The normalized spacial score (nSPS) is 14.8. The Bertz CT molecular complexity index is 1480. The van der Waals surface area contributed by atoms with Crippen LogP contribution in [0.5, 0.6) is 11.5 Å². The number of nitrogens with zero attached hydrogens (tertiary/aromatic N) is 2. The number of carbonyl (C=O) groups is 1. The molecule has 0 fully saturated rings. The van der Waals surface area contributed by atoms with Crippen LogP contribution < -0.4 is 14.9 Å². The Hall–Kier alpha value is -4.10. The van der Waals surface area contributed by atoms with Gasteiger partial charge in [-0.15, -0.1) is 0 Å². The van der Waals surface area contributed by atoms with Crippen molar-refractivity contribution in [2.45, 2.75) is 26.0 Å². The first-order valence-electron chi connectivity index (χ1n) is 12.9. The highest BCUT2D eigenvalue weighted by Crippen LogP contribution is 2.39. The van der Waals surface area contributed by atoms with Crippen molar-refractivity contribution in [2.24, 2.45) is 0 Å². The molecular weight excluding hydrogens is 480 g/mol. The van der Waals surface area contributed by atoms with Crippen molar-refractivity contribution >= 4 is 16.9 Å². The van der Waals surface area contributed by atoms with E-state index in [4.69, 9.17) is 13.9 Å². The van der Waals surface area contributed by atoms with Crippen molar-refractivity contribution in [1.29, 1.82) is 0 Å². The molecule has 196 valence electrons. The standard InChI is InChI=1S/C31H32N2O5/c1-4-36-24-15-16-25-26(19-24)38-30-27(29(25)34)28(33(31(30)35)18-8-17-32(2)3)22-11-13-23(14-12-22)37-20-21-9-6-5-7-10-21/h5-7,9-16,19,28H,4,8,17-18,20H2,1-3H3. The van der Waals surface area contributed by atoms with Gasteiger partial charge in [-0.2, -0.15) is 0 Å². The van der Waals surface area contributed by atoms with Crippen molar-refractivity contribution in [3.05, 3.63) is 105 Å². The van der Waals surface area contributed by atoms with Crippen LogP contribution in [-0.4, -0.2) is 49.5 Å². The highest BCUT2D eigenvalue weighted by molar-refractivity contribution is 5.99. The number of hydrogen-bond donors (Lipinski definition) is 0. The first-order valence-corrected chi connectivity index (χ1v) is 12.9. The topological polar surface area (TPSA) is 72.2 Å². The molecule has 5 rings (SSSR count). The number of benzene rings is 3. The minimum atomic E-state index is -0.532. The number of ether oxygens (including phenoxy) is 2. The lowest BCUT2D eigenvalue weighted by Gasteiger charge is -2.26. The van der Waals surface area contributed by atoms with Crippen LogP contribution in [0.15, 0.2) is 82.0 Å². The Morgan fingerprint density at radius 3 is 2.37 bits per heavy atom. The molecule has 0 spiro atoms. The lowest BCUT2D eigenvalue weighted by molar-refractivity contribution is 0.0722. The van der Waals surface area contributed by atoms with Gasteiger partial charge in [-0.3, -0.25) is 9.59 Å². The highest BCUT2D eigenvalue weighted by atomic mass is 16.5. The number of amides is 1. The van der Waals surface area contributed by atoms with E-state index in [9.17, 15) is 9.59 Å². The van der Waals surface area contributed by atoms with E-state index in [-0.39, 0.29) is 17.1 Å². The monoisotopic (exact) mass is 512 g/mol. The van der Waals surface area contributed by atoms with Crippen LogP contribution in [0.2, 0.25) is 0 Å². The van der Waals surface area contributed by atoms with Gasteiger partial charge in [0.2, 0.25) is 5.76 Å². The van der Waals surface area contributed by atoms with Crippen LogP contribution in [0.3, 0.4) is 0 Å². The molecule has 38 heavy (non-hydrogen) atoms. The van der Waals surface area contributed by atoms with Gasteiger partial charge in [0.1, 0.15) is 23.7 Å². The fourth-order valence-electron chi connectivity index (χ4n) is 4.88. The molecule has 0 radical (unpaired) electrons. The number of rotatable bonds is 10. The van der Waals surface area contributed by atoms with E-state index >= 15 is 0 Å². The van der Waals surface area contributed by atoms with E-state index in [1.54, 1.807) is 23.1 Å². The summed E-state index contributed by atoms with van der Waals surface area (Å²) in [5, 5.41) is 0.433. The zero-order valence-corrected chi connectivity index (χ0v) is 22.0. The molecule has 3 aromatic carbocycles. The molecule has 1 aromatic heterocycles. The molecule has 1 unspecified atom stereocenters. The van der Waals surface area contributed by atoms with Gasteiger partial charge in [0.15, 0.2) is 5.43 Å². The first kappa shape index (κ1) is 25.5. The third-order valence-corrected chi connectivity index (χ3v) is 6.70. The largest absolute Gasteiger partial charge is 0.494 e. The average Bonchev–Trinajstić information content (AvgIpc) is 3.20. The highest BCUT2D eigenvalue weighted by Gasteiger charge is 2.42. The van der Waals surface area contributed by atoms with Crippen LogP contribution >= 0.6 is 0 Å². The molecule has 0 N–H and O–H groups in total. The molecule has 4 aromatic rings. The molecular formula is C31H32N2O5. The molecule has 0 saturated heterocycles. The van der Waals surface area contributed by atoms with Crippen molar-refractivity contribution in [2.75, 3.05) is 33.8 Å². The maximum atomic E-state index is 13.8. The molecule has 2 heterocycles.